The fourth-order valence-corrected chi connectivity index (χ4v) is 1.11. The van der Waals surface area contributed by atoms with Gasteiger partial charge in [-0.05, 0) is 23.8 Å². The highest BCUT2D eigenvalue weighted by Gasteiger charge is 2.05. The molecule has 1 N–H and O–H groups in total. The van der Waals surface area contributed by atoms with E-state index in [0.29, 0.717) is 5.02 Å². The summed E-state index contributed by atoms with van der Waals surface area (Å²) in [5, 5.41) is 12.7. The predicted octanol–water partition coefficient (Wildman–Crippen LogP) is 2.44. The topological polar surface area (TPSA) is 58.9 Å². The molecule has 0 saturated carbocycles. The normalized spacial score (nSPS) is 11.8. The largest absolute Gasteiger partial charge is 0.476 e. The molecule has 5 heteroatoms. The van der Waals surface area contributed by atoms with E-state index in [9.17, 15) is 4.79 Å². The predicted molar refractivity (Wildman–Crippen MR) is 62.6 cm³/mol. The van der Waals surface area contributed by atoms with E-state index >= 15 is 0 Å². The van der Waals surface area contributed by atoms with E-state index < -0.39 is 5.97 Å². The van der Waals surface area contributed by atoms with Crippen molar-refractivity contribution in [2.24, 2.45) is 5.16 Å². The van der Waals surface area contributed by atoms with Crippen molar-refractivity contribution < 1.29 is 14.7 Å². The number of carboxylic acids is 1. The van der Waals surface area contributed by atoms with E-state index in [-0.39, 0.29) is 5.71 Å². The van der Waals surface area contributed by atoms with Crippen molar-refractivity contribution in [3.63, 3.8) is 0 Å². The van der Waals surface area contributed by atoms with Crippen molar-refractivity contribution in [1.29, 1.82) is 0 Å². The molecule has 0 bridgehead atoms. The molecule has 0 heterocycles. The summed E-state index contributed by atoms with van der Waals surface area (Å²) in [5.41, 5.74) is 0.659. The molecule has 84 valence electrons. The summed E-state index contributed by atoms with van der Waals surface area (Å²) < 4.78 is 0. The van der Waals surface area contributed by atoms with Crippen molar-refractivity contribution in [1.82, 2.24) is 0 Å². The van der Waals surface area contributed by atoms with Crippen LogP contribution in [0.3, 0.4) is 0 Å². The lowest BCUT2D eigenvalue weighted by atomic mass is 10.2. The summed E-state index contributed by atoms with van der Waals surface area (Å²) in [7, 11) is 1.29. The van der Waals surface area contributed by atoms with Gasteiger partial charge in [0.25, 0.3) is 0 Å². The van der Waals surface area contributed by atoms with Gasteiger partial charge < -0.3 is 9.94 Å². The van der Waals surface area contributed by atoms with E-state index in [2.05, 4.69) is 9.99 Å². The molecule has 0 spiro atoms. The van der Waals surface area contributed by atoms with Crippen LogP contribution in [0.5, 0.6) is 0 Å². The van der Waals surface area contributed by atoms with E-state index in [1.807, 2.05) is 0 Å². The van der Waals surface area contributed by atoms with Crippen LogP contribution in [-0.2, 0) is 9.63 Å². The average Bonchev–Trinajstić information content (AvgIpc) is 2.26. The number of benzene rings is 1. The fraction of sp³-hybridized carbons (Fsp3) is 0.0909. The third-order valence-electron chi connectivity index (χ3n) is 1.71. The highest BCUT2D eigenvalue weighted by molar-refractivity contribution is 6.41. The second-order valence-corrected chi connectivity index (χ2v) is 3.29. The second-order valence-electron chi connectivity index (χ2n) is 2.85. The number of nitrogens with zero attached hydrogens (tertiary/aromatic N) is 1. The zero-order valence-corrected chi connectivity index (χ0v) is 9.31. The lowest BCUT2D eigenvalue weighted by Crippen LogP contribution is -2.09. The van der Waals surface area contributed by atoms with Gasteiger partial charge in [-0.25, -0.2) is 4.79 Å². The Hall–Kier alpha value is -1.81. The Balaban J connectivity index is 2.82. The van der Waals surface area contributed by atoms with Crippen LogP contribution in [0.1, 0.15) is 5.56 Å². The first-order chi connectivity index (χ1) is 7.63. The van der Waals surface area contributed by atoms with Crippen molar-refractivity contribution >= 4 is 29.4 Å². The third kappa shape index (κ3) is 3.74. The van der Waals surface area contributed by atoms with Crippen LogP contribution in [0.2, 0.25) is 5.02 Å². The summed E-state index contributed by atoms with van der Waals surface area (Å²) in [6.45, 7) is 0. The van der Waals surface area contributed by atoms with Crippen molar-refractivity contribution in [2.75, 3.05) is 7.11 Å². The van der Waals surface area contributed by atoms with Gasteiger partial charge in [0.05, 0.1) is 0 Å². The molecule has 0 aliphatic heterocycles. The van der Waals surface area contributed by atoms with Gasteiger partial charge in [-0.15, -0.1) is 0 Å². The lowest BCUT2D eigenvalue weighted by molar-refractivity contribution is -0.129. The van der Waals surface area contributed by atoms with Gasteiger partial charge >= 0.3 is 5.97 Å². The number of aliphatic carboxylic acids is 1. The minimum atomic E-state index is -1.15. The minimum Gasteiger partial charge on any atom is -0.476 e. The number of rotatable bonds is 4. The maximum Gasteiger partial charge on any atom is 0.357 e. The molecule has 4 nitrogen and oxygen atoms in total. The van der Waals surface area contributed by atoms with Gasteiger partial charge in [-0.1, -0.05) is 35.0 Å². The minimum absolute atomic E-state index is 0.169. The van der Waals surface area contributed by atoms with Crippen molar-refractivity contribution in [3.05, 3.63) is 40.9 Å². The standard InChI is InChI=1S/C11H10ClNO3/c1-16-13-10(11(14)15)7-4-8-2-5-9(12)6-3-8/h2-7H,1H3,(H,14,15)/b7-4+,13-10?. The molecule has 0 saturated heterocycles. The average molecular weight is 240 g/mol. The highest BCUT2D eigenvalue weighted by Crippen LogP contribution is 2.10. The number of hydrogen-bond donors (Lipinski definition) is 1. The molecule has 0 aliphatic rings. The molecule has 1 aromatic carbocycles. The Bertz CT molecular complexity index is 423. The van der Waals surface area contributed by atoms with Gasteiger partial charge in [0.15, 0.2) is 5.71 Å². The van der Waals surface area contributed by atoms with Crippen molar-refractivity contribution in [3.8, 4) is 0 Å². The van der Waals surface area contributed by atoms with Crippen LogP contribution in [0.25, 0.3) is 6.08 Å². The third-order valence-corrected chi connectivity index (χ3v) is 1.96. The lowest BCUT2D eigenvalue weighted by Gasteiger charge is -1.95. The van der Waals surface area contributed by atoms with Crippen LogP contribution < -0.4 is 0 Å². The summed E-state index contributed by atoms with van der Waals surface area (Å²) >= 11 is 5.71. The van der Waals surface area contributed by atoms with Crippen molar-refractivity contribution in [2.45, 2.75) is 0 Å². The molecule has 1 rings (SSSR count). The highest BCUT2D eigenvalue weighted by atomic mass is 35.5. The molecule has 0 unspecified atom stereocenters. The summed E-state index contributed by atoms with van der Waals surface area (Å²) in [4.78, 5) is 15.1. The zero-order valence-electron chi connectivity index (χ0n) is 8.55. The quantitative estimate of drug-likeness (QED) is 0.649. The number of carbonyl (C=O) groups is 1. The van der Waals surface area contributed by atoms with Crippen LogP contribution in [-0.4, -0.2) is 23.9 Å². The maximum atomic E-state index is 10.7. The second kappa shape index (κ2) is 5.92. The number of oxime groups is 1. The van der Waals surface area contributed by atoms with Gasteiger partial charge in [0, 0.05) is 5.02 Å². The Morgan fingerprint density at radius 2 is 2.06 bits per heavy atom. The van der Waals surface area contributed by atoms with Gasteiger partial charge in [0.2, 0.25) is 0 Å². The Morgan fingerprint density at radius 3 is 2.56 bits per heavy atom. The van der Waals surface area contributed by atoms with E-state index in [1.54, 1.807) is 30.3 Å². The van der Waals surface area contributed by atoms with E-state index in [0.717, 1.165) is 5.56 Å². The summed E-state index contributed by atoms with van der Waals surface area (Å²) in [6.07, 6.45) is 2.97. The molecule has 0 fully saturated rings. The van der Waals surface area contributed by atoms with Gasteiger partial charge in [-0.2, -0.15) is 0 Å². The Kier molecular flexibility index (Phi) is 4.54. The van der Waals surface area contributed by atoms with Gasteiger partial charge in [-0.3, -0.25) is 0 Å². The monoisotopic (exact) mass is 239 g/mol. The number of hydrogen-bond acceptors (Lipinski definition) is 3. The first-order valence-corrected chi connectivity index (χ1v) is 4.79. The van der Waals surface area contributed by atoms with Crippen LogP contribution in [0, 0.1) is 0 Å². The first kappa shape index (κ1) is 12.3. The first-order valence-electron chi connectivity index (χ1n) is 4.41. The molecular weight excluding hydrogens is 230 g/mol. The molecule has 0 radical (unpaired) electrons. The van der Waals surface area contributed by atoms with Crippen LogP contribution >= 0.6 is 11.6 Å². The molecule has 0 amide bonds. The summed E-state index contributed by atoms with van der Waals surface area (Å²) in [5.74, 6) is -1.15. The Morgan fingerprint density at radius 1 is 1.44 bits per heavy atom. The Labute approximate surface area is 97.8 Å². The van der Waals surface area contributed by atoms with Gasteiger partial charge in [0.1, 0.15) is 7.11 Å². The number of halogens is 1. The van der Waals surface area contributed by atoms with Crippen LogP contribution in [0.15, 0.2) is 35.5 Å². The number of carboxylic acid groups (broad SMARTS) is 1. The molecule has 0 atom stereocenters. The zero-order chi connectivity index (χ0) is 12.0. The maximum absolute atomic E-state index is 10.7. The van der Waals surface area contributed by atoms with Crippen LogP contribution in [0.4, 0.5) is 0 Å². The van der Waals surface area contributed by atoms with E-state index in [1.165, 1.54) is 13.2 Å². The fourth-order valence-electron chi connectivity index (χ4n) is 0.988. The molecule has 1 aromatic rings. The smallest absolute Gasteiger partial charge is 0.357 e. The molecular formula is C11H10ClNO3. The summed E-state index contributed by atoms with van der Waals surface area (Å²) in [6, 6.07) is 6.97. The van der Waals surface area contributed by atoms with E-state index in [4.69, 9.17) is 16.7 Å². The molecule has 16 heavy (non-hydrogen) atoms. The SMILES string of the molecule is CON=C(/C=C/c1ccc(Cl)cc1)C(=O)O. The molecule has 0 aromatic heterocycles. The molecule has 0 aliphatic carbocycles.